The monoisotopic (exact) mass is 370 g/mol. The van der Waals surface area contributed by atoms with E-state index in [4.69, 9.17) is 16.3 Å². The van der Waals surface area contributed by atoms with Gasteiger partial charge in [-0.3, -0.25) is 10.1 Å². The average Bonchev–Trinajstić information content (AvgIpc) is 2.55. The average molecular weight is 371 g/mol. The number of benzene rings is 1. The highest BCUT2D eigenvalue weighted by molar-refractivity contribution is 6.33. The zero-order chi connectivity index (χ0) is 18.4. The molecule has 1 aromatic rings. The Balaban J connectivity index is 1.87. The summed E-state index contributed by atoms with van der Waals surface area (Å²) < 4.78 is 18.6. The topological polar surface area (TPSA) is 84.5 Å². The van der Waals surface area contributed by atoms with Crippen LogP contribution in [0.2, 0.25) is 5.02 Å². The van der Waals surface area contributed by atoms with Crippen LogP contribution < -0.4 is 10.6 Å². The Morgan fingerprint density at radius 3 is 2.56 bits per heavy atom. The second-order valence-corrected chi connectivity index (χ2v) is 6.35. The van der Waals surface area contributed by atoms with E-state index in [1.165, 1.54) is 19.1 Å². The molecule has 0 unspecified atom stereocenters. The summed E-state index contributed by atoms with van der Waals surface area (Å²) in [4.78, 5) is 35.8. The van der Waals surface area contributed by atoms with E-state index in [0.29, 0.717) is 0 Å². The Labute approximate surface area is 150 Å². The molecule has 0 spiro atoms. The molecule has 0 aliphatic heterocycles. The molecule has 1 aromatic carbocycles. The normalized spacial score (nSPS) is 16.0. The van der Waals surface area contributed by atoms with Gasteiger partial charge in [-0.05, 0) is 31.9 Å². The highest BCUT2D eigenvalue weighted by Gasteiger charge is 2.25. The number of carbonyl (C=O) groups is 3. The first-order chi connectivity index (χ1) is 11.9. The second-order valence-electron chi connectivity index (χ2n) is 5.94. The van der Waals surface area contributed by atoms with Gasteiger partial charge < -0.3 is 10.1 Å². The molecule has 0 aromatic heterocycles. The van der Waals surface area contributed by atoms with Gasteiger partial charge in [0, 0.05) is 6.04 Å². The van der Waals surface area contributed by atoms with Crippen LogP contribution in [0, 0.1) is 5.82 Å². The maximum absolute atomic E-state index is 13.7. The molecular formula is C17H20ClFN2O4. The number of nitrogens with one attached hydrogen (secondary N) is 2. The molecule has 0 radical (unpaired) electrons. The number of hydrogen-bond donors (Lipinski definition) is 2. The smallest absolute Gasteiger partial charge is 0.343 e. The standard InChI is InChI=1S/C17H20ClFN2O4/c1-10(25-16(23)14-12(18)8-5-9-13(14)19)15(22)21-17(24)20-11-6-3-2-4-7-11/h5,8-11H,2-4,6-7H2,1H3,(H2,20,21,22,24)/t10-/m1/s1. The fourth-order valence-electron chi connectivity index (χ4n) is 2.65. The highest BCUT2D eigenvalue weighted by Crippen LogP contribution is 2.20. The number of urea groups is 1. The predicted octanol–water partition coefficient (Wildman–Crippen LogP) is 3.18. The van der Waals surface area contributed by atoms with Gasteiger partial charge in [0.25, 0.3) is 5.91 Å². The lowest BCUT2D eigenvalue weighted by Gasteiger charge is -2.23. The summed E-state index contributed by atoms with van der Waals surface area (Å²) in [6.07, 6.45) is 3.69. The van der Waals surface area contributed by atoms with Gasteiger partial charge in [-0.1, -0.05) is 36.9 Å². The van der Waals surface area contributed by atoms with Crippen LogP contribution >= 0.6 is 11.6 Å². The van der Waals surface area contributed by atoms with Gasteiger partial charge >= 0.3 is 12.0 Å². The van der Waals surface area contributed by atoms with Crippen LogP contribution in [0.5, 0.6) is 0 Å². The van der Waals surface area contributed by atoms with Gasteiger partial charge in [0.2, 0.25) is 0 Å². The fraction of sp³-hybridized carbons (Fsp3) is 0.471. The van der Waals surface area contributed by atoms with Gasteiger partial charge in [0.05, 0.1) is 5.02 Å². The maximum Gasteiger partial charge on any atom is 0.343 e. The summed E-state index contributed by atoms with van der Waals surface area (Å²) >= 11 is 5.77. The molecule has 0 heterocycles. The molecule has 1 fully saturated rings. The highest BCUT2D eigenvalue weighted by atomic mass is 35.5. The first-order valence-electron chi connectivity index (χ1n) is 8.15. The summed E-state index contributed by atoms with van der Waals surface area (Å²) in [5.41, 5.74) is -0.449. The number of imide groups is 1. The lowest BCUT2D eigenvalue weighted by Crippen LogP contribution is -2.48. The molecule has 6 nitrogen and oxygen atoms in total. The van der Waals surface area contributed by atoms with E-state index in [1.807, 2.05) is 0 Å². The van der Waals surface area contributed by atoms with E-state index in [1.54, 1.807) is 0 Å². The Bertz CT molecular complexity index is 642. The minimum absolute atomic E-state index is 0.0385. The SMILES string of the molecule is C[C@@H](OC(=O)c1c(F)cccc1Cl)C(=O)NC(=O)NC1CCCCC1. The molecule has 8 heteroatoms. The molecule has 1 aliphatic rings. The number of ether oxygens (including phenoxy) is 1. The minimum Gasteiger partial charge on any atom is -0.449 e. The van der Waals surface area contributed by atoms with E-state index in [9.17, 15) is 18.8 Å². The first-order valence-corrected chi connectivity index (χ1v) is 8.52. The molecule has 1 atom stereocenters. The fourth-order valence-corrected chi connectivity index (χ4v) is 2.89. The van der Waals surface area contributed by atoms with Crippen molar-refractivity contribution in [3.8, 4) is 0 Å². The van der Waals surface area contributed by atoms with Crippen molar-refractivity contribution in [1.29, 1.82) is 0 Å². The first kappa shape index (κ1) is 19.2. The number of hydrogen-bond acceptors (Lipinski definition) is 4. The zero-order valence-corrected chi connectivity index (χ0v) is 14.6. The van der Waals surface area contributed by atoms with E-state index in [-0.39, 0.29) is 11.1 Å². The summed E-state index contributed by atoms with van der Waals surface area (Å²) in [5.74, 6) is -2.72. The maximum atomic E-state index is 13.7. The lowest BCUT2D eigenvalue weighted by atomic mass is 9.96. The van der Waals surface area contributed by atoms with Crippen LogP contribution in [0.1, 0.15) is 49.4 Å². The van der Waals surface area contributed by atoms with Crippen LogP contribution in [-0.2, 0) is 9.53 Å². The van der Waals surface area contributed by atoms with Crippen molar-refractivity contribution in [1.82, 2.24) is 10.6 Å². The molecule has 136 valence electrons. The number of esters is 1. The van der Waals surface area contributed by atoms with Gasteiger partial charge in [-0.2, -0.15) is 0 Å². The number of amides is 3. The van der Waals surface area contributed by atoms with Gasteiger partial charge in [-0.25, -0.2) is 14.0 Å². The molecule has 2 N–H and O–H groups in total. The molecule has 2 rings (SSSR count). The van der Waals surface area contributed by atoms with Crippen molar-refractivity contribution >= 4 is 29.5 Å². The van der Waals surface area contributed by atoms with E-state index in [2.05, 4.69) is 10.6 Å². The Morgan fingerprint density at radius 1 is 1.24 bits per heavy atom. The molecular weight excluding hydrogens is 351 g/mol. The van der Waals surface area contributed by atoms with Crippen LogP contribution in [0.25, 0.3) is 0 Å². The predicted molar refractivity (Wildman–Crippen MR) is 89.8 cm³/mol. The van der Waals surface area contributed by atoms with Crippen LogP contribution in [-0.4, -0.2) is 30.1 Å². The number of carbonyl (C=O) groups excluding carboxylic acids is 3. The minimum atomic E-state index is -1.28. The quantitative estimate of drug-likeness (QED) is 0.797. The Hall–Kier alpha value is -2.15. The van der Waals surface area contributed by atoms with Crippen molar-refractivity contribution in [3.63, 3.8) is 0 Å². The van der Waals surface area contributed by atoms with Crippen molar-refractivity contribution in [2.75, 3.05) is 0 Å². The third kappa shape index (κ3) is 5.42. The third-order valence-corrected chi connectivity index (χ3v) is 4.31. The molecule has 0 bridgehead atoms. The Kier molecular flexibility index (Phi) is 6.75. The van der Waals surface area contributed by atoms with Crippen molar-refractivity contribution in [2.45, 2.75) is 51.2 Å². The molecule has 25 heavy (non-hydrogen) atoms. The molecule has 1 saturated carbocycles. The van der Waals surface area contributed by atoms with Crippen LogP contribution in [0.15, 0.2) is 18.2 Å². The van der Waals surface area contributed by atoms with E-state index >= 15 is 0 Å². The summed E-state index contributed by atoms with van der Waals surface area (Å²) in [5, 5.41) is 4.72. The van der Waals surface area contributed by atoms with Gasteiger partial charge in [0.1, 0.15) is 11.4 Å². The Morgan fingerprint density at radius 2 is 1.92 bits per heavy atom. The van der Waals surface area contributed by atoms with E-state index in [0.717, 1.165) is 38.2 Å². The van der Waals surface area contributed by atoms with Crippen LogP contribution in [0.3, 0.4) is 0 Å². The van der Waals surface area contributed by atoms with Crippen molar-refractivity contribution in [3.05, 3.63) is 34.6 Å². The van der Waals surface area contributed by atoms with Gasteiger partial charge in [-0.15, -0.1) is 0 Å². The summed E-state index contributed by atoms with van der Waals surface area (Å²) in [6, 6.07) is 3.15. The molecule has 0 saturated heterocycles. The summed E-state index contributed by atoms with van der Waals surface area (Å²) in [6.45, 7) is 1.29. The van der Waals surface area contributed by atoms with Crippen LogP contribution in [0.4, 0.5) is 9.18 Å². The van der Waals surface area contributed by atoms with Gasteiger partial charge in [0.15, 0.2) is 6.10 Å². The lowest BCUT2D eigenvalue weighted by molar-refractivity contribution is -0.127. The van der Waals surface area contributed by atoms with E-state index < -0.39 is 35.4 Å². The largest absolute Gasteiger partial charge is 0.449 e. The van der Waals surface area contributed by atoms with Crippen molar-refractivity contribution < 1.29 is 23.5 Å². The number of rotatable bonds is 4. The zero-order valence-electron chi connectivity index (χ0n) is 13.8. The van der Waals surface area contributed by atoms with Crippen molar-refractivity contribution in [2.24, 2.45) is 0 Å². The number of halogens is 2. The molecule has 1 aliphatic carbocycles. The second kappa shape index (κ2) is 8.80. The third-order valence-electron chi connectivity index (χ3n) is 4.00. The summed E-state index contributed by atoms with van der Waals surface area (Å²) in [7, 11) is 0. The molecule has 3 amide bonds.